The van der Waals surface area contributed by atoms with Gasteiger partial charge in [-0.3, -0.25) is 0 Å². The van der Waals surface area contributed by atoms with Crippen molar-refractivity contribution in [2.24, 2.45) is 0 Å². The lowest BCUT2D eigenvalue weighted by Crippen LogP contribution is -2.24. The second-order valence-electron chi connectivity index (χ2n) is 5.04. The van der Waals surface area contributed by atoms with E-state index in [1.54, 1.807) is 14.2 Å². The molecule has 1 aliphatic rings. The Morgan fingerprint density at radius 1 is 1.14 bits per heavy atom. The number of hydrogen-bond acceptors (Lipinski definition) is 4. The highest BCUT2D eigenvalue weighted by Crippen LogP contribution is 2.39. The molecular formula is C17H19NO3. The Bertz CT molecular complexity index is 654. The number of nitrogens with one attached hydrogen (secondary N) is 1. The lowest BCUT2D eigenvalue weighted by molar-refractivity contribution is 0.204. The van der Waals surface area contributed by atoms with E-state index in [0.717, 1.165) is 28.5 Å². The summed E-state index contributed by atoms with van der Waals surface area (Å²) in [6, 6.07) is 11.8. The third-order valence-corrected chi connectivity index (χ3v) is 3.75. The van der Waals surface area contributed by atoms with Gasteiger partial charge in [0.15, 0.2) is 0 Å². The zero-order valence-electron chi connectivity index (χ0n) is 12.5. The molecule has 4 nitrogen and oxygen atoms in total. The van der Waals surface area contributed by atoms with Crippen LogP contribution in [0.15, 0.2) is 36.4 Å². The summed E-state index contributed by atoms with van der Waals surface area (Å²) < 4.78 is 16.9. The number of fused-ring (bicyclic) bond motifs is 1. The molecule has 2 aromatic carbocycles. The summed E-state index contributed by atoms with van der Waals surface area (Å²) >= 11 is 0. The summed E-state index contributed by atoms with van der Waals surface area (Å²) in [4.78, 5) is 0. The molecular weight excluding hydrogens is 266 g/mol. The van der Waals surface area contributed by atoms with Crippen LogP contribution in [0.1, 0.15) is 17.2 Å². The first kappa shape index (κ1) is 13.6. The number of benzene rings is 2. The number of para-hydroxylation sites is 1. The highest BCUT2D eigenvalue weighted by molar-refractivity contribution is 5.63. The van der Waals surface area contributed by atoms with Gasteiger partial charge in [-0.15, -0.1) is 0 Å². The van der Waals surface area contributed by atoms with Gasteiger partial charge in [-0.1, -0.05) is 12.1 Å². The summed E-state index contributed by atoms with van der Waals surface area (Å²) in [6.45, 7) is 2.77. The molecule has 21 heavy (non-hydrogen) atoms. The van der Waals surface area contributed by atoms with Gasteiger partial charge in [-0.25, -0.2) is 0 Å². The number of aryl methyl sites for hydroxylation is 1. The largest absolute Gasteiger partial charge is 0.497 e. The van der Waals surface area contributed by atoms with Crippen LogP contribution in [-0.2, 0) is 0 Å². The molecule has 0 saturated carbocycles. The fraction of sp³-hybridized carbons (Fsp3) is 0.294. The summed E-state index contributed by atoms with van der Waals surface area (Å²) in [7, 11) is 3.32. The van der Waals surface area contributed by atoms with Gasteiger partial charge in [0, 0.05) is 5.56 Å². The molecule has 110 valence electrons. The Kier molecular flexibility index (Phi) is 3.60. The molecule has 2 aromatic rings. The number of hydrogen-bond donors (Lipinski definition) is 1. The van der Waals surface area contributed by atoms with Crippen molar-refractivity contribution in [2.75, 3.05) is 26.1 Å². The lowest BCUT2D eigenvalue weighted by atomic mass is 10.0. The quantitative estimate of drug-likeness (QED) is 0.936. The van der Waals surface area contributed by atoms with Crippen LogP contribution in [0.25, 0.3) is 0 Å². The maximum Gasteiger partial charge on any atom is 0.145 e. The van der Waals surface area contributed by atoms with Crippen molar-refractivity contribution >= 4 is 5.69 Å². The third-order valence-electron chi connectivity index (χ3n) is 3.75. The van der Waals surface area contributed by atoms with E-state index in [1.807, 2.05) is 30.3 Å². The van der Waals surface area contributed by atoms with Gasteiger partial charge in [-0.2, -0.15) is 0 Å². The first-order valence-electron chi connectivity index (χ1n) is 6.95. The van der Waals surface area contributed by atoms with Gasteiger partial charge in [0.05, 0.1) is 26.5 Å². The number of anilines is 1. The molecule has 4 heteroatoms. The topological polar surface area (TPSA) is 39.7 Å². The van der Waals surface area contributed by atoms with Gasteiger partial charge < -0.3 is 19.5 Å². The highest BCUT2D eigenvalue weighted by atomic mass is 16.5. The van der Waals surface area contributed by atoms with Crippen LogP contribution in [0.2, 0.25) is 0 Å². The van der Waals surface area contributed by atoms with Crippen molar-refractivity contribution in [3.63, 3.8) is 0 Å². The first-order valence-corrected chi connectivity index (χ1v) is 6.95. The second-order valence-corrected chi connectivity index (χ2v) is 5.04. The first-order chi connectivity index (χ1) is 10.2. The van der Waals surface area contributed by atoms with Crippen LogP contribution in [0.4, 0.5) is 5.69 Å². The predicted molar refractivity (Wildman–Crippen MR) is 82.6 cm³/mol. The fourth-order valence-electron chi connectivity index (χ4n) is 2.62. The summed E-state index contributed by atoms with van der Waals surface area (Å²) in [6.07, 6.45) is -0.107. The van der Waals surface area contributed by atoms with E-state index < -0.39 is 0 Å². The van der Waals surface area contributed by atoms with E-state index in [0.29, 0.717) is 6.54 Å². The zero-order chi connectivity index (χ0) is 14.8. The summed E-state index contributed by atoms with van der Waals surface area (Å²) in [5.41, 5.74) is 3.23. The molecule has 0 amide bonds. The monoisotopic (exact) mass is 285 g/mol. The van der Waals surface area contributed by atoms with E-state index in [2.05, 4.69) is 18.3 Å². The van der Waals surface area contributed by atoms with Gasteiger partial charge in [0.25, 0.3) is 0 Å². The average molecular weight is 285 g/mol. The molecule has 0 bridgehead atoms. The van der Waals surface area contributed by atoms with Gasteiger partial charge in [0.1, 0.15) is 23.4 Å². The SMILES string of the molecule is COc1ccc(OC)c(C2CNc3c(C)cccc3O2)c1. The van der Waals surface area contributed by atoms with Crippen LogP contribution >= 0.6 is 0 Å². The molecule has 1 heterocycles. The van der Waals surface area contributed by atoms with Gasteiger partial charge >= 0.3 is 0 Å². The molecule has 0 aromatic heterocycles. The highest BCUT2D eigenvalue weighted by Gasteiger charge is 2.25. The van der Waals surface area contributed by atoms with Crippen molar-refractivity contribution in [2.45, 2.75) is 13.0 Å². The minimum Gasteiger partial charge on any atom is -0.497 e. The van der Waals surface area contributed by atoms with Crippen molar-refractivity contribution in [1.82, 2.24) is 0 Å². The maximum absolute atomic E-state index is 6.14. The molecule has 0 aliphatic carbocycles. The van der Waals surface area contributed by atoms with E-state index in [1.165, 1.54) is 5.56 Å². The Morgan fingerprint density at radius 2 is 2.00 bits per heavy atom. The second kappa shape index (κ2) is 5.56. The Balaban J connectivity index is 1.96. The Hall–Kier alpha value is -2.36. The molecule has 0 spiro atoms. The van der Waals surface area contributed by atoms with Crippen LogP contribution < -0.4 is 19.5 Å². The molecule has 1 unspecified atom stereocenters. The Labute approximate surface area is 124 Å². The van der Waals surface area contributed by atoms with E-state index in [4.69, 9.17) is 14.2 Å². The number of ether oxygens (including phenoxy) is 3. The molecule has 0 radical (unpaired) electrons. The average Bonchev–Trinajstić information content (AvgIpc) is 2.54. The zero-order valence-corrected chi connectivity index (χ0v) is 12.5. The summed E-state index contributed by atoms with van der Waals surface area (Å²) in [5, 5.41) is 3.45. The number of methoxy groups -OCH3 is 2. The van der Waals surface area contributed by atoms with Crippen LogP contribution in [-0.4, -0.2) is 20.8 Å². The van der Waals surface area contributed by atoms with Crippen molar-refractivity contribution < 1.29 is 14.2 Å². The standard InChI is InChI=1S/C17H19NO3/c1-11-5-4-6-15-17(11)18-10-16(21-15)13-9-12(19-2)7-8-14(13)20-3/h4-9,16,18H,10H2,1-3H3. The fourth-order valence-corrected chi connectivity index (χ4v) is 2.62. The normalized spacial score (nSPS) is 16.4. The van der Waals surface area contributed by atoms with Crippen LogP contribution in [0.5, 0.6) is 17.2 Å². The number of rotatable bonds is 3. The molecule has 0 saturated heterocycles. The van der Waals surface area contributed by atoms with Crippen molar-refractivity contribution in [3.8, 4) is 17.2 Å². The Morgan fingerprint density at radius 3 is 2.76 bits per heavy atom. The maximum atomic E-state index is 6.14. The molecule has 1 N–H and O–H groups in total. The van der Waals surface area contributed by atoms with E-state index in [9.17, 15) is 0 Å². The molecule has 3 rings (SSSR count). The molecule has 1 atom stereocenters. The van der Waals surface area contributed by atoms with Crippen LogP contribution in [0, 0.1) is 6.92 Å². The van der Waals surface area contributed by atoms with E-state index >= 15 is 0 Å². The third kappa shape index (κ3) is 2.49. The molecule has 0 fully saturated rings. The minimum absolute atomic E-state index is 0.107. The van der Waals surface area contributed by atoms with Gasteiger partial charge in [-0.05, 0) is 36.8 Å². The minimum atomic E-state index is -0.107. The molecule has 1 aliphatic heterocycles. The predicted octanol–water partition coefficient (Wildman–Crippen LogP) is 3.56. The van der Waals surface area contributed by atoms with E-state index in [-0.39, 0.29) is 6.10 Å². The smallest absolute Gasteiger partial charge is 0.145 e. The van der Waals surface area contributed by atoms with Crippen molar-refractivity contribution in [1.29, 1.82) is 0 Å². The van der Waals surface area contributed by atoms with Crippen molar-refractivity contribution in [3.05, 3.63) is 47.5 Å². The van der Waals surface area contributed by atoms with Gasteiger partial charge in [0.2, 0.25) is 0 Å². The summed E-state index contributed by atoms with van der Waals surface area (Å²) in [5.74, 6) is 2.47. The lowest BCUT2D eigenvalue weighted by Gasteiger charge is -2.29. The van der Waals surface area contributed by atoms with Crippen LogP contribution in [0.3, 0.4) is 0 Å².